The van der Waals surface area contributed by atoms with E-state index in [9.17, 15) is 9.59 Å². The van der Waals surface area contributed by atoms with E-state index in [1.54, 1.807) is 31.5 Å². The van der Waals surface area contributed by atoms with Crippen molar-refractivity contribution in [2.45, 2.75) is 13.0 Å². The van der Waals surface area contributed by atoms with Crippen LogP contribution < -0.4 is 5.32 Å². The van der Waals surface area contributed by atoms with Crippen molar-refractivity contribution in [3.05, 3.63) is 47.6 Å². The molecule has 1 unspecified atom stereocenters. The Morgan fingerprint density at radius 3 is 2.63 bits per heavy atom. The summed E-state index contributed by atoms with van der Waals surface area (Å²) >= 11 is 0. The van der Waals surface area contributed by atoms with Gasteiger partial charge in [-0.3, -0.25) is 9.78 Å². The van der Waals surface area contributed by atoms with Crippen LogP contribution in [0.1, 0.15) is 39.6 Å². The topological polar surface area (TPSA) is 105 Å². The van der Waals surface area contributed by atoms with Crippen LogP contribution in [-0.2, 0) is 0 Å². The molecule has 0 aromatic carbocycles. The summed E-state index contributed by atoms with van der Waals surface area (Å²) in [5.74, 6) is -2.14. The lowest BCUT2D eigenvalue weighted by Crippen LogP contribution is -2.26. The standard InChI is InChI=1S/C12H11N3O4/c1-7(8-2-4-13-5-3-8)14-11(16)9-6-10(12(17)18)19-15-9/h2-7H,1H3,(H,14,16)(H,17,18). The molecular formula is C12H11N3O4. The highest BCUT2D eigenvalue weighted by molar-refractivity contribution is 5.95. The molecule has 19 heavy (non-hydrogen) atoms. The lowest BCUT2D eigenvalue weighted by molar-refractivity contribution is 0.0651. The van der Waals surface area contributed by atoms with Crippen LogP contribution in [0.5, 0.6) is 0 Å². The number of rotatable bonds is 4. The Bertz CT molecular complexity index is 594. The Balaban J connectivity index is 2.06. The quantitative estimate of drug-likeness (QED) is 0.858. The zero-order valence-electron chi connectivity index (χ0n) is 10.0. The minimum absolute atomic E-state index is 0.0710. The second-order valence-electron chi connectivity index (χ2n) is 3.86. The summed E-state index contributed by atoms with van der Waals surface area (Å²) < 4.78 is 4.51. The Labute approximate surface area is 108 Å². The molecule has 7 nitrogen and oxygen atoms in total. The van der Waals surface area contributed by atoms with Crippen molar-refractivity contribution in [2.75, 3.05) is 0 Å². The summed E-state index contributed by atoms with van der Waals surface area (Å²) in [6.07, 6.45) is 3.24. The number of aromatic nitrogens is 2. The number of pyridine rings is 1. The molecule has 0 radical (unpaired) electrons. The zero-order valence-corrected chi connectivity index (χ0v) is 10.0. The predicted octanol–water partition coefficient (Wildman–Crippen LogP) is 1.26. The molecule has 2 aromatic heterocycles. The van der Waals surface area contributed by atoms with Crippen LogP contribution in [0.25, 0.3) is 0 Å². The summed E-state index contributed by atoms with van der Waals surface area (Å²) in [6, 6.07) is 4.38. The van der Waals surface area contributed by atoms with E-state index in [1.165, 1.54) is 0 Å². The van der Waals surface area contributed by atoms with Gasteiger partial charge in [-0.2, -0.15) is 0 Å². The molecule has 0 fully saturated rings. The maximum atomic E-state index is 11.8. The van der Waals surface area contributed by atoms with E-state index in [1.807, 2.05) is 0 Å². The fraction of sp³-hybridized carbons (Fsp3) is 0.167. The second-order valence-corrected chi connectivity index (χ2v) is 3.86. The van der Waals surface area contributed by atoms with E-state index in [-0.39, 0.29) is 17.5 Å². The number of nitrogens with zero attached hydrogens (tertiary/aromatic N) is 2. The first-order chi connectivity index (χ1) is 9.08. The number of nitrogens with one attached hydrogen (secondary N) is 1. The molecule has 0 saturated carbocycles. The number of carboxylic acid groups (broad SMARTS) is 1. The summed E-state index contributed by atoms with van der Waals surface area (Å²) in [7, 11) is 0. The van der Waals surface area contributed by atoms with Gasteiger partial charge in [-0.25, -0.2) is 4.79 Å². The minimum Gasteiger partial charge on any atom is -0.475 e. The van der Waals surface area contributed by atoms with E-state index < -0.39 is 11.9 Å². The van der Waals surface area contributed by atoms with E-state index in [0.29, 0.717) is 0 Å². The van der Waals surface area contributed by atoms with Gasteiger partial charge >= 0.3 is 5.97 Å². The van der Waals surface area contributed by atoms with Gasteiger partial charge in [-0.15, -0.1) is 0 Å². The highest BCUT2D eigenvalue weighted by atomic mass is 16.5. The molecule has 0 aliphatic carbocycles. The molecule has 2 aromatic rings. The Morgan fingerprint density at radius 2 is 2.05 bits per heavy atom. The van der Waals surface area contributed by atoms with Crippen molar-refractivity contribution < 1.29 is 19.2 Å². The Hall–Kier alpha value is -2.70. The summed E-state index contributed by atoms with van der Waals surface area (Å²) in [5.41, 5.74) is 0.809. The molecular weight excluding hydrogens is 250 g/mol. The number of hydrogen-bond acceptors (Lipinski definition) is 5. The van der Waals surface area contributed by atoms with Crippen LogP contribution >= 0.6 is 0 Å². The van der Waals surface area contributed by atoms with Crippen LogP contribution in [0, 0.1) is 0 Å². The maximum absolute atomic E-state index is 11.8. The normalized spacial score (nSPS) is 11.8. The van der Waals surface area contributed by atoms with Crippen LogP contribution in [0.2, 0.25) is 0 Å². The number of carboxylic acids is 1. The van der Waals surface area contributed by atoms with E-state index in [2.05, 4.69) is 20.0 Å². The van der Waals surface area contributed by atoms with E-state index >= 15 is 0 Å². The molecule has 1 amide bonds. The molecule has 2 N–H and O–H groups in total. The van der Waals surface area contributed by atoms with Gasteiger partial charge in [0.2, 0.25) is 5.76 Å². The number of hydrogen-bond donors (Lipinski definition) is 2. The zero-order chi connectivity index (χ0) is 13.8. The molecule has 98 valence electrons. The smallest absolute Gasteiger partial charge is 0.374 e. The van der Waals surface area contributed by atoms with Crippen molar-refractivity contribution >= 4 is 11.9 Å². The molecule has 2 heterocycles. The maximum Gasteiger partial charge on any atom is 0.374 e. The van der Waals surface area contributed by atoms with Crippen molar-refractivity contribution in [3.8, 4) is 0 Å². The number of amides is 1. The molecule has 7 heteroatoms. The Kier molecular flexibility index (Phi) is 3.56. The first-order valence-corrected chi connectivity index (χ1v) is 5.48. The van der Waals surface area contributed by atoms with Crippen LogP contribution in [0.4, 0.5) is 0 Å². The van der Waals surface area contributed by atoms with Gasteiger partial charge in [-0.05, 0) is 24.6 Å². The highest BCUT2D eigenvalue weighted by Crippen LogP contribution is 2.11. The Morgan fingerprint density at radius 1 is 1.37 bits per heavy atom. The largest absolute Gasteiger partial charge is 0.475 e. The van der Waals surface area contributed by atoms with Gasteiger partial charge in [0.1, 0.15) is 0 Å². The molecule has 0 aliphatic rings. The van der Waals surface area contributed by atoms with Crippen LogP contribution in [-0.4, -0.2) is 27.1 Å². The van der Waals surface area contributed by atoms with Crippen LogP contribution in [0.3, 0.4) is 0 Å². The predicted molar refractivity (Wildman–Crippen MR) is 63.6 cm³/mol. The lowest BCUT2D eigenvalue weighted by atomic mass is 10.1. The monoisotopic (exact) mass is 261 g/mol. The molecule has 2 rings (SSSR count). The fourth-order valence-corrected chi connectivity index (χ4v) is 1.49. The van der Waals surface area contributed by atoms with Gasteiger partial charge in [-0.1, -0.05) is 5.16 Å². The third-order valence-corrected chi connectivity index (χ3v) is 2.51. The summed E-state index contributed by atoms with van der Waals surface area (Å²) in [5, 5.41) is 14.8. The summed E-state index contributed by atoms with van der Waals surface area (Å²) in [4.78, 5) is 26.3. The van der Waals surface area contributed by atoms with Crippen molar-refractivity contribution in [1.82, 2.24) is 15.5 Å². The van der Waals surface area contributed by atoms with Gasteiger partial charge in [0.05, 0.1) is 6.04 Å². The van der Waals surface area contributed by atoms with Gasteiger partial charge in [0, 0.05) is 18.5 Å². The lowest BCUT2D eigenvalue weighted by Gasteiger charge is -2.12. The number of aromatic carboxylic acids is 1. The molecule has 1 atom stereocenters. The molecule has 0 aliphatic heterocycles. The number of carbonyl (C=O) groups is 2. The molecule has 0 saturated heterocycles. The van der Waals surface area contributed by atoms with Gasteiger partial charge in [0.25, 0.3) is 5.91 Å². The SMILES string of the molecule is CC(NC(=O)c1cc(C(=O)O)on1)c1ccncc1. The fourth-order valence-electron chi connectivity index (χ4n) is 1.49. The van der Waals surface area contributed by atoms with Crippen molar-refractivity contribution in [2.24, 2.45) is 0 Å². The molecule has 0 bridgehead atoms. The van der Waals surface area contributed by atoms with Crippen molar-refractivity contribution in [1.29, 1.82) is 0 Å². The van der Waals surface area contributed by atoms with Gasteiger partial charge in [0.15, 0.2) is 5.69 Å². The third kappa shape index (κ3) is 2.95. The van der Waals surface area contributed by atoms with Crippen molar-refractivity contribution in [3.63, 3.8) is 0 Å². The van der Waals surface area contributed by atoms with Crippen LogP contribution in [0.15, 0.2) is 35.1 Å². The first kappa shape index (κ1) is 12.7. The minimum atomic E-state index is -1.27. The third-order valence-electron chi connectivity index (χ3n) is 2.51. The second kappa shape index (κ2) is 5.30. The average Bonchev–Trinajstić information content (AvgIpc) is 2.89. The number of carbonyl (C=O) groups excluding carboxylic acids is 1. The first-order valence-electron chi connectivity index (χ1n) is 5.48. The van der Waals surface area contributed by atoms with Gasteiger partial charge < -0.3 is 14.9 Å². The van der Waals surface area contributed by atoms with E-state index in [0.717, 1.165) is 11.6 Å². The molecule has 0 spiro atoms. The summed E-state index contributed by atoms with van der Waals surface area (Å²) in [6.45, 7) is 1.80. The van der Waals surface area contributed by atoms with E-state index in [4.69, 9.17) is 5.11 Å². The highest BCUT2D eigenvalue weighted by Gasteiger charge is 2.18. The average molecular weight is 261 g/mol.